The Morgan fingerprint density at radius 3 is 2.24 bits per heavy atom. The number of amides is 1. The van der Waals surface area contributed by atoms with E-state index in [1.165, 1.54) is 26.2 Å². The highest BCUT2D eigenvalue weighted by atomic mass is 127. The molecule has 38 heavy (non-hydrogen) atoms. The summed E-state index contributed by atoms with van der Waals surface area (Å²) in [6, 6.07) is 8.14. The third-order valence-corrected chi connectivity index (χ3v) is 6.80. The van der Waals surface area contributed by atoms with Crippen LogP contribution in [0.3, 0.4) is 0 Å². The van der Waals surface area contributed by atoms with Crippen LogP contribution in [0.25, 0.3) is 6.08 Å². The summed E-state index contributed by atoms with van der Waals surface area (Å²) >= 11 is 14.1. The number of nitrogens with zero attached hydrogens (tertiary/aromatic N) is 2. The van der Waals surface area contributed by atoms with Crippen molar-refractivity contribution in [3.05, 3.63) is 89.7 Å². The Kier molecular flexibility index (Phi) is 8.19. The molecule has 3 aromatic rings. The minimum atomic E-state index is -2.34. The van der Waals surface area contributed by atoms with Gasteiger partial charge in [0.1, 0.15) is 12.3 Å². The summed E-state index contributed by atoms with van der Waals surface area (Å²) in [4.78, 5) is 12.9. The SMILES string of the molecule is COc1cc(/C=C2/C(=O)N(c3c(F)c(F)c(F)c(F)c3F)N=C2C)cc(I)c1OCc1ccc(Cl)cc1Cl. The minimum absolute atomic E-state index is 0.00868. The van der Waals surface area contributed by atoms with Gasteiger partial charge in [0, 0.05) is 15.6 Å². The van der Waals surface area contributed by atoms with E-state index in [0.717, 1.165) is 0 Å². The molecule has 13 heteroatoms. The second kappa shape index (κ2) is 11.1. The molecule has 0 N–H and O–H groups in total. The zero-order valence-electron chi connectivity index (χ0n) is 19.3. The number of ether oxygens (including phenoxy) is 2. The molecule has 0 unspecified atom stereocenters. The highest BCUT2D eigenvalue weighted by Crippen LogP contribution is 2.37. The zero-order chi connectivity index (χ0) is 27.9. The van der Waals surface area contributed by atoms with Gasteiger partial charge in [-0.3, -0.25) is 4.79 Å². The van der Waals surface area contributed by atoms with Crippen molar-refractivity contribution in [1.82, 2.24) is 0 Å². The third kappa shape index (κ3) is 5.19. The van der Waals surface area contributed by atoms with Crippen LogP contribution in [-0.2, 0) is 11.4 Å². The normalized spacial score (nSPS) is 14.4. The Morgan fingerprint density at radius 2 is 1.63 bits per heavy atom. The summed E-state index contributed by atoms with van der Waals surface area (Å²) in [5, 5.41) is 4.77. The molecule has 5 nitrogen and oxygen atoms in total. The first kappa shape index (κ1) is 28.1. The van der Waals surface area contributed by atoms with Crippen LogP contribution in [0.5, 0.6) is 11.5 Å². The van der Waals surface area contributed by atoms with Gasteiger partial charge in [0.15, 0.2) is 34.8 Å². The second-order valence-electron chi connectivity index (χ2n) is 7.84. The van der Waals surface area contributed by atoms with Crippen molar-refractivity contribution in [1.29, 1.82) is 0 Å². The van der Waals surface area contributed by atoms with E-state index in [-0.39, 0.29) is 22.9 Å². The molecule has 0 radical (unpaired) electrons. The fraction of sp³-hybridized carbons (Fsp3) is 0.120. The topological polar surface area (TPSA) is 51.1 Å². The maximum absolute atomic E-state index is 14.3. The molecule has 0 spiro atoms. The molecular weight excluding hydrogens is 669 g/mol. The number of hydrogen-bond donors (Lipinski definition) is 0. The molecule has 1 aliphatic rings. The number of methoxy groups -OCH3 is 1. The maximum atomic E-state index is 14.3. The van der Waals surface area contributed by atoms with Gasteiger partial charge in [-0.2, -0.15) is 10.1 Å². The largest absolute Gasteiger partial charge is 0.493 e. The highest BCUT2D eigenvalue weighted by molar-refractivity contribution is 14.1. The van der Waals surface area contributed by atoms with Crippen LogP contribution in [0.2, 0.25) is 10.0 Å². The van der Waals surface area contributed by atoms with Gasteiger partial charge in [0.05, 0.1) is 22.0 Å². The Hall–Kier alpha value is -2.90. The quantitative estimate of drug-likeness (QED) is 0.0881. The highest BCUT2D eigenvalue weighted by Gasteiger charge is 2.37. The van der Waals surface area contributed by atoms with Gasteiger partial charge in [0.2, 0.25) is 5.82 Å². The number of carbonyl (C=O) groups excluding carboxylic acids is 1. The lowest BCUT2D eigenvalue weighted by Gasteiger charge is -2.15. The zero-order valence-corrected chi connectivity index (χ0v) is 23.0. The number of halogens is 8. The van der Waals surface area contributed by atoms with E-state index in [4.69, 9.17) is 32.7 Å². The lowest BCUT2D eigenvalue weighted by atomic mass is 10.1. The van der Waals surface area contributed by atoms with Gasteiger partial charge in [-0.25, -0.2) is 22.0 Å². The van der Waals surface area contributed by atoms with Crippen molar-refractivity contribution in [3.8, 4) is 11.5 Å². The Labute approximate surface area is 236 Å². The molecule has 0 bridgehead atoms. The molecule has 198 valence electrons. The van der Waals surface area contributed by atoms with Crippen molar-refractivity contribution in [2.75, 3.05) is 12.1 Å². The van der Waals surface area contributed by atoms with Crippen LogP contribution in [-0.4, -0.2) is 18.7 Å². The van der Waals surface area contributed by atoms with Gasteiger partial charge < -0.3 is 9.47 Å². The first-order valence-electron chi connectivity index (χ1n) is 10.5. The van der Waals surface area contributed by atoms with Gasteiger partial charge in [0.25, 0.3) is 5.91 Å². The van der Waals surface area contributed by atoms with E-state index in [1.807, 2.05) is 22.6 Å². The van der Waals surface area contributed by atoms with Crippen molar-refractivity contribution < 1.29 is 36.2 Å². The van der Waals surface area contributed by atoms with Crippen molar-refractivity contribution >= 4 is 69.2 Å². The van der Waals surface area contributed by atoms with Crippen molar-refractivity contribution in [2.24, 2.45) is 5.10 Å². The van der Waals surface area contributed by atoms with Gasteiger partial charge in [-0.05, 0) is 65.4 Å². The summed E-state index contributed by atoms with van der Waals surface area (Å²) in [6.07, 6.45) is 1.34. The standard InChI is InChI=1S/C25H14Cl2F5IN2O3/c1-10-14(25(36)35(34-10)23-21(31)19(29)18(28)20(30)22(23)32)5-11-6-16(33)24(17(7-11)37-2)38-9-12-3-4-13(26)8-15(12)27/h3-8H,9H2,1-2H3/b14-5+. The molecule has 1 heterocycles. The molecule has 3 aromatic carbocycles. The van der Waals surface area contributed by atoms with Crippen LogP contribution in [0, 0.1) is 32.7 Å². The number of benzene rings is 3. The lowest BCUT2D eigenvalue weighted by Crippen LogP contribution is -2.25. The van der Waals surface area contributed by atoms with Crippen molar-refractivity contribution in [2.45, 2.75) is 13.5 Å². The van der Waals surface area contributed by atoms with Crippen LogP contribution in [0.1, 0.15) is 18.1 Å². The predicted molar refractivity (Wildman–Crippen MR) is 141 cm³/mol. The summed E-state index contributed by atoms with van der Waals surface area (Å²) in [7, 11) is 1.41. The summed E-state index contributed by atoms with van der Waals surface area (Å²) in [5.41, 5.74) is -0.512. The van der Waals surface area contributed by atoms with Gasteiger partial charge in [-0.15, -0.1) is 0 Å². The minimum Gasteiger partial charge on any atom is -0.493 e. The van der Waals surface area contributed by atoms with Crippen LogP contribution < -0.4 is 14.5 Å². The number of carbonyl (C=O) groups is 1. The fourth-order valence-electron chi connectivity index (χ4n) is 3.53. The molecule has 1 aliphatic heterocycles. The van der Waals surface area contributed by atoms with E-state index in [0.29, 0.717) is 36.2 Å². The average molecular weight is 683 g/mol. The van der Waals surface area contributed by atoms with E-state index in [2.05, 4.69) is 5.10 Å². The first-order chi connectivity index (χ1) is 17.9. The lowest BCUT2D eigenvalue weighted by molar-refractivity contribution is -0.114. The monoisotopic (exact) mass is 682 g/mol. The number of hydrazone groups is 1. The van der Waals surface area contributed by atoms with Gasteiger partial charge in [-0.1, -0.05) is 29.3 Å². The summed E-state index contributed by atoms with van der Waals surface area (Å²) in [6.45, 7) is 1.45. The van der Waals surface area contributed by atoms with E-state index in [1.54, 1.807) is 24.3 Å². The van der Waals surface area contributed by atoms with E-state index in [9.17, 15) is 26.7 Å². The summed E-state index contributed by atoms with van der Waals surface area (Å²) in [5.74, 6) is -11.5. The molecule has 0 aromatic heterocycles. The molecule has 1 amide bonds. The molecular formula is C25H14Cl2F5IN2O3. The summed E-state index contributed by atoms with van der Waals surface area (Å²) < 4.78 is 81.3. The maximum Gasteiger partial charge on any atom is 0.280 e. The first-order valence-corrected chi connectivity index (χ1v) is 12.4. The Bertz CT molecular complexity index is 1520. The molecule has 0 saturated heterocycles. The average Bonchev–Trinajstić information content (AvgIpc) is 3.14. The number of hydrogen-bond acceptors (Lipinski definition) is 4. The third-order valence-electron chi connectivity index (χ3n) is 5.41. The van der Waals surface area contributed by atoms with Crippen LogP contribution in [0.15, 0.2) is 41.0 Å². The molecule has 0 saturated carbocycles. The molecule has 4 rings (SSSR count). The van der Waals surface area contributed by atoms with Crippen LogP contribution >= 0.6 is 45.8 Å². The Morgan fingerprint density at radius 1 is 1.00 bits per heavy atom. The number of rotatable bonds is 6. The smallest absolute Gasteiger partial charge is 0.280 e. The van der Waals surface area contributed by atoms with Crippen LogP contribution in [0.4, 0.5) is 27.6 Å². The molecule has 0 aliphatic carbocycles. The van der Waals surface area contributed by atoms with E-state index >= 15 is 0 Å². The second-order valence-corrected chi connectivity index (χ2v) is 9.84. The molecule has 0 fully saturated rings. The van der Waals surface area contributed by atoms with E-state index < -0.39 is 40.7 Å². The fourth-order valence-corrected chi connectivity index (χ4v) is 4.78. The van der Waals surface area contributed by atoms with Crippen molar-refractivity contribution in [3.63, 3.8) is 0 Å². The molecule has 0 atom stereocenters. The number of anilines is 1. The van der Waals surface area contributed by atoms with Gasteiger partial charge >= 0.3 is 0 Å². The Balaban J connectivity index is 1.66. The predicted octanol–water partition coefficient (Wildman–Crippen LogP) is 7.69.